The van der Waals surface area contributed by atoms with E-state index in [1.807, 2.05) is 6.92 Å². The molecule has 0 saturated carbocycles. The zero-order chi connectivity index (χ0) is 14.2. The van der Waals surface area contributed by atoms with Gasteiger partial charge < -0.3 is 14.8 Å². The molecule has 0 aromatic rings. The van der Waals surface area contributed by atoms with Crippen LogP contribution in [0.1, 0.15) is 33.6 Å². The van der Waals surface area contributed by atoms with E-state index in [1.165, 1.54) is 13.8 Å². The van der Waals surface area contributed by atoms with E-state index in [2.05, 4.69) is 5.32 Å². The van der Waals surface area contributed by atoms with Crippen molar-refractivity contribution in [3.05, 3.63) is 0 Å². The zero-order valence-corrected chi connectivity index (χ0v) is 11.4. The minimum Gasteiger partial charge on any atom is -0.422 e. The number of piperidine rings is 1. The molecule has 0 radical (unpaired) electrons. The average molecular weight is 269 g/mol. The van der Waals surface area contributed by atoms with Crippen molar-refractivity contribution in [1.82, 2.24) is 5.32 Å². The number of ketones is 1. The molecule has 2 saturated heterocycles. The van der Waals surface area contributed by atoms with E-state index in [1.54, 1.807) is 0 Å². The van der Waals surface area contributed by atoms with Gasteiger partial charge in [-0.25, -0.2) is 0 Å². The summed E-state index contributed by atoms with van der Waals surface area (Å²) in [5.74, 6) is -4.95. The Morgan fingerprint density at radius 3 is 2.37 bits per heavy atom. The number of hydrogen-bond acceptors (Lipinski definition) is 6. The topological polar surface area (TPSA) is 81.7 Å². The van der Waals surface area contributed by atoms with Crippen LogP contribution in [0.4, 0.5) is 0 Å². The van der Waals surface area contributed by atoms with Gasteiger partial charge in [0.25, 0.3) is 5.79 Å². The first kappa shape index (κ1) is 14.0. The lowest BCUT2D eigenvalue weighted by molar-refractivity contribution is -0.238. The molecule has 2 aliphatic heterocycles. The van der Waals surface area contributed by atoms with Crippen LogP contribution in [0.2, 0.25) is 0 Å². The number of hydrogen-bond donors (Lipinski definition) is 1. The number of ether oxygens (including phenoxy) is 2. The molecule has 19 heavy (non-hydrogen) atoms. The third-order valence-electron chi connectivity index (χ3n) is 3.47. The van der Waals surface area contributed by atoms with Gasteiger partial charge in [0.1, 0.15) is 0 Å². The van der Waals surface area contributed by atoms with Crippen molar-refractivity contribution in [1.29, 1.82) is 0 Å². The van der Waals surface area contributed by atoms with Crippen LogP contribution in [-0.2, 0) is 23.9 Å². The monoisotopic (exact) mass is 269 g/mol. The van der Waals surface area contributed by atoms with Crippen molar-refractivity contribution in [2.75, 3.05) is 6.54 Å². The summed E-state index contributed by atoms with van der Waals surface area (Å²) in [5, 5.41) is 3.22. The Kier molecular flexibility index (Phi) is 3.62. The molecule has 6 nitrogen and oxygen atoms in total. The maximum atomic E-state index is 12.3. The number of cyclic esters (lactones) is 2. The van der Waals surface area contributed by atoms with Gasteiger partial charge in [-0.15, -0.1) is 0 Å². The summed E-state index contributed by atoms with van der Waals surface area (Å²) in [7, 11) is 0. The zero-order valence-electron chi connectivity index (χ0n) is 11.4. The van der Waals surface area contributed by atoms with Crippen molar-refractivity contribution >= 4 is 17.7 Å². The van der Waals surface area contributed by atoms with Crippen molar-refractivity contribution in [2.24, 2.45) is 11.8 Å². The van der Waals surface area contributed by atoms with Crippen LogP contribution >= 0.6 is 0 Å². The Bertz CT molecular complexity index is 397. The van der Waals surface area contributed by atoms with E-state index in [4.69, 9.17) is 9.47 Å². The van der Waals surface area contributed by atoms with Crippen LogP contribution in [0.25, 0.3) is 0 Å². The summed E-state index contributed by atoms with van der Waals surface area (Å²) in [4.78, 5) is 36.0. The summed E-state index contributed by atoms with van der Waals surface area (Å²) >= 11 is 0. The van der Waals surface area contributed by atoms with Crippen LogP contribution in [0.15, 0.2) is 0 Å². The smallest absolute Gasteiger partial charge is 0.331 e. The summed E-state index contributed by atoms with van der Waals surface area (Å²) in [6.45, 7) is 5.62. The first-order chi connectivity index (χ1) is 8.80. The largest absolute Gasteiger partial charge is 0.422 e. The fraction of sp³-hybridized carbons (Fsp3) is 0.769. The molecule has 0 amide bonds. The number of esters is 2. The Hall–Kier alpha value is -1.43. The van der Waals surface area contributed by atoms with Gasteiger partial charge in [0.2, 0.25) is 5.92 Å². The molecule has 0 spiro atoms. The summed E-state index contributed by atoms with van der Waals surface area (Å²) in [5.41, 5.74) is 0. The van der Waals surface area contributed by atoms with Crippen LogP contribution in [-0.4, -0.2) is 36.1 Å². The van der Waals surface area contributed by atoms with Crippen molar-refractivity contribution in [3.8, 4) is 0 Å². The van der Waals surface area contributed by atoms with Gasteiger partial charge in [-0.3, -0.25) is 14.4 Å². The predicted molar refractivity (Wildman–Crippen MR) is 64.9 cm³/mol. The van der Waals surface area contributed by atoms with E-state index >= 15 is 0 Å². The highest BCUT2D eigenvalue weighted by atomic mass is 16.7. The molecular weight excluding hydrogens is 250 g/mol. The van der Waals surface area contributed by atoms with E-state index < -0.39 is 23.6 Å². The van der Waals surface area contributed by atoms with E-state index in [9.17, 15) is 14.4 Å². The standard InChI is InChI=1S/C13H19NO5/c1-7-6-8(4-5-14-7)10(15)9-11(16)18-13(2,3)19-12(9)17/h7-9,14H,4-6H2,1-3H3/t7-,8?/m1/s1. The first-order valence-electron chi connectivity index (χ1n) is 6.53. The van der Waals surface area contributed by atoms with Crippen molar-refractivity contribution < 1.29 is 23.9 Å². The van der Waals surface area contributed by atoms with Crippen LogP contribution in [0, 0.1) is 11.8 Å². The number of nitrogens with one attached hydrogen (secondary N) is 1. The van der Waals surface area contributed by atoms with Crippen molar-refractivity contribution in [2.45, 2.75) is 45.4 Å². The number of Topliss-reactive ketones (excluding diaryl/α,β-unsaturated/α-hetero) is 1. The maximum absolute atomic E-state index is 12.3. The quantitative estimate of drug-likeness (QED) is 0.577. The Morgan fingerprint density at radius 2 is 1.84 bits per heavy atom. The van der Waals surface area contributed by atoms with Crippen LogP contribution < -0.4 is 5.32 Å². The van der Waals surface area contributed by atoms with Gasteiger partial charge in [0.15, 0.2) is 5.78 Å². The Morgan fingerprint density at radius 1 is 1.26 bits per heavy atom. The summed E-state index contributed by atoms with van der Waals surface area (Å²) < 4.78 is 9.95. The van der Waals surface area contributed by atoms with E-state index in [0.29, 0.717) is 19.4 Å². The average Bonchev–Trinajstić information content (AvgIpc) is 2.25. The number of rotatable bonds is 2. The molecule has 0 aromatic heterocycles. The second kappa shape index (κ2) is 4.92. The third-order valence-corrected chi connectivity index (χ3v) is 3.47. The fourth-order valence-electron chi connectivity index (χ4n) is 2.58. The van der Waals surface area contributed by atoms with Crippen LogP contribution in [0.3, 0.4) is 0 Å². The second-order valence-electron chi connectivity index (χ2n) is 5.65. The van der Waals surface area contributed by atoms with Gasteiger partial charge in [0.05, 0.1) is 0 Å². The van der Waals surface area contributed by atoms with Gasteiger partial charge in [-0.05, 0) is 26.3 Å². The summed E-state index contributed by atoms with van der Waals surface area (Å²) in [6, 6.07) is 0.203. The summed E-state index contributed by atoms with van der Waals surface area (Å²) in [6.07, 6.45) is 1.25. The molecule has 0 aliphatic carbocycles. The molecule has 2 aliphatic rings. The molecule has 0 bridgehead atoms. The Labute approximate surface area is 111 Å². The number of carbonyl (C=O) groups is 3. The normalized spacial score (nSPS) is 31.5. The lowest BCUT2D eigenvalue weighted by atomic mass is 9.83. The molecule has 6 heteroatoms. The molecule has 0 aromatic carbocycles. The van der Waals surface area contributed by atoms with E-state index in [-0.39, 0.29) is 17.7 Å². The third kappa shape index (κ3) is 2.94. The molecule has 2 rings (SSSR count). The molecule has 2 heterocycles. The second-order valence-corrected chi connectivity index (χ2v) is 5.65. The van der Waals surface area contributed by atoms with E-state index in [0.717, 1.165) is 0 Å². The number of carbonyl (C=O) groups excluding carboxylic acids is 3. The fourth-order valence-corrected chi connectivity index (χ4v) is 2.58. The highest BCUT2D eigenvalue weighted by Crippen LogP contribution is 2.28. The lowest BCUT2D eigenvalue weighted by Gasteiger charge is -2.34. The van der Waals surface area contributed by atoms with Crippen molar-refractivity contribution in [3.63, 3.8) is 0 Å². The maximum Gasteiger partial charge on any atom is 0.331 e. The molecule has 106 valence electrons. The Balaban J connectivity index is 2.10. The van der Waals surface area contributed by atoms with Gasteiger partial charge in [0, 0.05) is 25.8 Å². The molecule has 2 fully saturated rings. The SMILES string of the molecule is C[C@@H]1CC(C(=O)C2C(=O)OC(C)(C)OC2=O)CCN1. The highest BCUT2D eigenvalue weighted by Gasteiger charge is 2.49. The van der Waals surface area contributed by atoms with Crippen LogP contribution in [0.5, 0.6) is 0 Å². The molecular formula is C13H19NO5. The first-order valence-corrected chi connectivity index (χ1v) is 6.53. The highest BCUT2D eigenvalue weighted by molar-refractivity contribution is 6.16. The van der Waals surface area contributed by atoms with Gasteiger partial charge in [-0.2, -0.15) is 0 Å². The molecule has 2 atom stereocenters. The lowest BCUT2D eigenvalue weighted by Crippen LogP contribution is -2.51. The predicted octanol–water partition coefficient (Wildman–Crippen LogP) is 0.396. The van der Waals surface area contributed by atoms with Gasteiger partial charge in [-0.1, -0.05) is 0 Å². The minimum atomic E-state index is -1.41. The van der Waals surface area contributed by atoms with Gasteiger partial charge >= 0.3 is 11.9 Å². The molecule has 1 N–H and O–H groups in total. The molecule has 1 unspecified atom stereocenters. The minimum absolute atomic E-state index is 0.203.